The molecule has 0 N–H and O–H groups in total. The van der Waals surface area contributed by atoms with Gasteiger partial charge in [0, 0.05) is 0 Å². The van der Waals surface area contributed by atoms with E-state index in [0.717, 1.165) is 5.92 Å². The summed E-state index contributed by atoms with van der Waals surface area (Å²) >= 11 is 0. The number of hydrogen-bond donors (Lipinski definition) is 0. The third-order valence-electron chi connectivity index (χ3n) is 4.13. The minimum Gasteiger partial charge on any atom is -0.465 e. The molecule has 18 heavy (non-hydrogen) atoms. The fourth-order valence-corrected chi connectivity index (χ4v) is 2.61. The summed E-state index contributed by atoms with van der Waals surface area (Å²) in [6.45, 7) is 13.3. The highest BCUT2D eigenvalue weighted by atomic mass is 16.5. The van der Waals surface area contributed by atoms with Crippen LogP contribution in [-0.2, 0) is 9.53 Å². The summed E-state index contributed by atoms with van der Waals surface area (Å²) in [5.74, 6) is 1.34. The number of carbonyl (C=O) groups excluding carboxylic acids is 1. The highest BCUT2D eigenvalue weighted by Gasteiger charge is 2.31. The average Bonchev–Trinajstić information content (AvgIpc) is 2.24. The van der Waals surface area contributed by atoms with Crippen LogP contribution < -0.4 is 0 Å². The Morgan fingerprint density at radius 3 is 1.89 bits per heavy atom. The van der Waals surface area contributed by atoms with E-state index in [2.05, 4.69) is 20.8 Å². The predicted octanol–water partition coefficient (Wildman–Crippen LogP) is 4.43. The molecule has 0 aromatic heterocycles. The van der Waals surface area contributed by atoms with Gasteiger partial charge in [-0.1, -0.05) is 20.8 Å². The first kappa shape index (κ1) is 15.5. The van der Waals surface area contributed by atoms with Gasteiger partial charge in [-0.25, -0.2) is 0 Å². The Labute approximate surface area is 112 Å². The molecule has 0 amide bonds. The standard InChI is InChI=1S/C16H30O2/c1-15(2,3)13-9-7-12(8-10-13)11-18-14(17)16(4,5)6/h12-13H,7-11H2,1-6H3. The molecule has 0 bridgehead atoms. The van der Waals surface area contributed by atoms with Crippen molar-refractivity contribution < 1.29 is 9.53 Å². The van der Waals surface area contributed by atoms with Crippen molar-refractivity contribution in [1.29, 1.82) is 0 Å². The topological polar surface area (TPSA) is 26.3 Å². The molecule has 1 aliphatic rings. The highest BCUT2D eigenvalue weighted by Crippen LogP contribution is 2.39. The summed E-state index contributed by atoms with van der Waals surface area (Å²) in [5.41, 5.74) is 0.0513. The first-order valence-electron chi connectivity index (χ1n) is 7.28. The molecule has 0 unspecified atom stereocenters. The van der Waals surface area contributed by atoms with Gasteiger partial charge in [-0.2, -0.15) is 0 Å². The molecule has 1 saturated carbocycles. The van der Waals surface area contributed by atoms with E-state index in [1.54, 1.807) is 0 Å². The van der Waals surface area contributed by atoms with E-state index in [-0.39, 0.29) is 11.4 Å². The second-order valence-electron chi connectivity index (χ2n) is 7.93. The summed E-state index contributed by atoms with van der Waals surface area (Å²) in [6.07, 6.45) is 4.97. The van der Waals surface area contributed by atoms with Crippen LogP contribution >= 0.6 is 0 Å². The molecule has 0 aromatic carbocycles. The third kappa shape index (κ3) is 4.62. The molecule has 2 heteroatoms. The lowest BCUT2D eigenvalue weighted by atomic mass is 9.70. The fourth-order valence-electron chi connectivity index (χ4n) is 2.61. The van der Waals surface area contributed by atoms with Crippen molar-refractivity contribution in [2.75, 3.05) is 6.61 Å². The number of ether oxygens (including phenoxy) is 1. The van der Waals surface area contributed by atoms with Crippen LogP contribution in [0, 0.1) is 22.7 Å². The van der Waals surface area contributed by atoms with Gasteiger partial charge in [0.05, 0.1) is 12.0 Å². The zero-order valence-electron chi connectivity index (χ0n) is 13.0. The van der Waals surface area contributed by atoms with Gasteiger partial charge in [-0.3, -0.25) is 4.79 Å². The number of hydrogen-bond acceptors (Lipinski definition) is 2. The molecule has 0 aliphatic heterocycles. The summed E-state index contributed by atoms with van der Waals surface area (Å²) in [7, 11) is 0. The molecule has 1 fully saturated rings. The summed E-state index contributed by atoms with van der Waals surface area (Å²) < 4.78 is 5.43. The van der Waals surface area contributed by atoms with Gasteiger partial charge in [0.15, 0.2) is 0 Å². The molecular formula is C16H30O2. The maximum Gasteiger partial charge on any atom is 0.311 e. The molecular weight excluding hydrogens is 224 g/mol. The molecule has 0 atom stereocenters. The van der Waals surface area contributed by atoms with Gasteiger partial charge >= 0.3 is 5.97 Å². The van der Waals surface area contributed by atoms with Crippen LogP contribution in [0.3, 0.4) is 0 Å². The molecule has 2 nitrogen and oxygen atoms in total. The average molecular weight is 254 g/mol. The van der Waals surface area contributed by atoms with Crippen LogP contribution in [0.1, 0.15) is 67.2 Å². The number of esters is 1. The Kier molecular flexibility index (Phi) is 4.85. The Hall–Kier alpha value is -0.530. The van der Waals surface area contributed by atoms with Gasteiger partial charge in [0.1, 0.15) is 0 Å². The second-order valence-corrected chi connectivity index (χ2v) is 7.93. The second kappa shape index (κ2) is 5.63. The largest absolute Gasteiger partial charge is 0.465 e. The zero-order chi connectivity index (χ0) is 14.0. The van der Waals surface area contributed by atoms with E-state index in [9.17, 15) is 4.79 Å². The molecule has 0 radical (unpaired) electrons. The van der Waals surface area contributed by atoms with Crippen molar-refractivity contribution in [3.63, 3.8) is 0 Å². The van der Waals surface area contributed by atoms with Crippen LogP contribution in [0.4, 0.5) is 0 Å². The summed E-state index contributed by atoms with van der Waals surface area (Å²) in [6, 6.07) is 0. The first-order chi connectivity index (χ1) is 8.10. The van der Waals surface area contributed by atoms with E-state index in [4.69, 9.17) is 4.74 Å². The lowest BCUT2D eigenvalue weighted by molar-refractivity contribution is -0.154. The van der Waals surface area contributed by atoms with Crippen molar-refractivity contribution >= 4 is 5.97 Å². The molecule has 0 heterocycles. The highest BCUT2D eigenvalue weighted by molar-refractivity contribution is 5.75. The molecule has 106 valence electrons. The van der Waals surface area contributed by atoms with E-state index in [0.29, 0.717) is 17.9 Å². The fraction of sp³-hybridized carbons (Fsp3) is 0.938. The Bertz CT molecular complexity index is 272. The van der Waals surface area contributed by atoms with Crippen molar-refractivity contribution in [1.82, 2.24) is 0 Å². The summed E-state index contributed by atoms with van der Waals surface area (Å²) in [5, 5.41) is 0. The maximum atomic E-state index is 11.7. The summed E-state index contributed by atoms with van der Waals surface area (Å²) in [4.78, 5) is 11.7. The van der Waals surface area contributed by atoms with E-state index >= 15 is 0 Å². The zero-order valence-corrected chi connectivity index (χ0v) is 13.0. The van der Waals surface area contributed by atoms with Crippen LogP contribution in [0.5, 0.6) is 0 Å². The minimum absolute atomic E-state index is 0.0690. The van der Waals surface area contributed by atoms with Crippen LogP contribution in [0.15, 0.2) is 0 Å². The Morgan fingerprint density at radius 2 is 1.50 bits per heavy atom. The first-order valence-corrected chi connectivity index (χ1v) is 7.28. The monoisotopic (exact) mass is 254 g/mol. The molecule has 1 rings (SSSR count). The minimum atomic E-state index is -0.372. The lowest BCUT2D eigenvalue weighted by Crippen LogP contribution is -2.30. The smallest absolute Gasteiger partial charge is 0.311 e. The van der Waals surface area contributed by atoms with Crippen molar-refractivity contribution in [3.8, 4) is 0 Å². The van der Waals surface area contributed by atoms with Crippen molar-refractivity contribution in [2.24, 2.45) is 22.7 Å². The Morgan fingerprint density at radius 1 is 1.00 bits per heavy atom. The van der Waals surface area contributed by atoms with Crippen LogP contribution in [-0.4, -0.2) is 12.6 Å². The van der Waals surface area contributed by atoms with Crippen molar-refractivity contribution in [2.45, 2.75) is 67.2 Å². The van der Waals surface area contributed by atoms with Gasteiger partial charge in [0.25, 0.3) is 0 Å². The molecule has 0 saturated heterocycles. The van der Waals surface area contributed by atoms with Crippen LogP contribution in [0.2, 0.25) is 0 Å². The normalized spacial score (nSPS) is 25.9. The third-order valence-corrected chi connectivity index (χ3v) is 4.13. The van der Waals surface area contributed by atoms with Gasteiger partial charge in [-0.15, -0.1) is 0 Å². The van der Waals surface area contributed by atoms with E-state index < -0.39 is 0 Å². The van der Waals surface area contributed by atoms with E-state index in [1.807, 2.05) is 20.8 Å². The van der Waals surface area contributed by atoms with Gasteiger partial charge < -0.3 is 4.74 Å². The Balaban J connectivity index is 2.31. The van der Waals surface area contributed by atoms with Gasteiger partial charge in [-0.05, 0) is 63.7 Å². The predicted molar refractivity (Wildman–Crippen MR) is 75.3 cm³/mol. The van der Waals surface area contributed by atoms with E-state index in [1.165, 1.54) is 25.7 Å². The van der Waals surface area contributed by atoms with Crippen LogP contribution in [0.25, 0.3) is 0 Å². The molecule has 0 spiro atoms. The lowest BCUT2D eigenvalue weighted by Gasteiger charge is -2.36. The quantitative estimate of drug-likeness (QED) is 0.681. The van der Waals surface area contributed by atoms with Gasteiger partial charge in [0.2, 0.25) is 0 Å². The molecule has 1 aliphatic carbocycles. The number of carbonyl (C=O) groups is 1. The van der Waals surface area contributed by atoms with Crippen molar-refractivity contribution in [3.05, 3.63) is 0 Å². The molecule has 0 aromatic rings. The maximum absolute atomic E-state index is 11.7. The number of rotatable bonds is 2. The SMILES string of the molecule is CC(C)(C)C(=O)OCC1CCC(C(C)(C)C)CC1.